The number of hydrogen-bond acceptors (Lipinski definition) is 10. The van der Waals surface area contributed by atoms with E-state index in [1.165, 1.54) is 24.0 Å². The average molecular weight is 465 g/mol. The molecule has 0 radical (unpaired) electrons. The van der Waals surface area contributed by atoms with Gasteiger partial charge in [-0.15, -0.1) is 0 Å². The third-order valence-electron chi connectivity index (χ3n) is 4.25. The largest absolute Gasteiger partial charge is 0.478 e. The maximum atomic E-state index is 10.9. The summed E-state index contributed by atoms with van der Waals surface area (Å²) in [4.78, 5) is 23.9. The zero-order valence-electron chi connectivity index (χ0n) is 18.4. The second-order valence-corrected chi connectivity index (χ2v) is 7.62. The average Bonchev–Trinajstić information content (AvgIpc) is 2.80. The maximum absolute atomic E-state index is 10.9. The summed E-state index contributed by atoms with van der Waals surface area (Å²) in [5.74, 6) is 0.763. The summed E-state index contributed by atoms with van der Waals surface area (Å²) in [5.41, 5.74) is 5.54. The molecule has 2 rings (SSSR count). The van der Waals surface area contributed by atoms with E-state index in [2.05, 4.69) is 25.6 Å². The Morgan fingerprint density at radius 1 is 1.03 bits per heavy atom. The number of aromatic carboxylic acids is 1. The lowest BCUT2D eigenvalue weighted by Gasteiger charge is -2.11. The van der Waals surface area contributed by atoms with Gasteiger partial charge in [0.1, 0.15) is 17.5 Å². The zero-order chi connectivity index (χ0) is 23.0. The van der Waals surface area contributed by atoms with Gasteiger partial charge in [0.05, 0.1) is 5.56 Å². The summed E-state index contributed by atoms with van der Waals surface area (Å²) in [6, 6.07) is 4.88. The van der Waals surface area contributed by atoms with E-state index in [9.17, 15) is 4.79 Å². The molecule has 0 spiro atoms. The summed E-state index contributed by atoms with van der Waals surface area (Å²) in [6.07, 6.45) is 6.94. The van der Waals surface area contributed by atoms with Gasteiger partial charge in [0, 0.05) is 45.2 Å². The number of carboxylic acid groups (broad SMARTS) is 1. The van der Waals surface area contributed by atoms with Gasteiger partial charge in [0.25, 0.3) is 0 Å². The molecule has 0 aromatic carbocycles. The van der Waals surface area contributed by atoms with Gasteiger partial charge < -0.3 is 30.9 Å². The van der Waals surface area contributed by atoms with Crippen LogP contribution in [0.5, 0.6) is 0 Å². The molecule has 0 atom stereocenters. The number of nitrogens with two attached hydrogens (primary N) is 1. The third-order valence-corrected chi connectivity index (χ3v) is 4.79. The Kier molecular flexibility index (Phi) is 12.4. The third kappa shape index (κ3) is 10.2. The molecule has 176 valence electrons. The van der Waals surface area contributed by atoms with Crippen LogP contribution in [0, 0.1) is 0 Å². The number of thioether (sulfide) groups is 1. The second kappa shape index (κ2) is 15.4. The van der Waals surface area contributed by atoms with E-state index in [4.69, 9.17) is 20.3 Å². The number of rotatable bonds is 17. The van der Waals surface area contributed by atoms with Crippen molar-refractivity contribution < 1.29 is 19.4 Å². The summed E-state index contributed by atoms with van der Waals surface area (Å²) in [6.45, 7) is 4.28. The molecule has 11 heteroatoms. The molecular weight excluding hydrogens is 432 g/mol. The number of nitrogens with one attached hydrogen (secondary N) is 2. The van der Waals surface area contributed by atoms with Crippen molar-refractivity contribution in [2.24, 2.45) is 5.73 Å². The topological polar surface area (TPSA) is 145 Å². The van der Waals surface area contributed by atoms with Gasteiger partial charge in [-0.1, -0.05) is 11.8 Å². The number of unbranched alkanes of at least 4 members (excludes halogenated alkanes) is 1. The molecule has 0 unspecified atom stereocenters. The van der Waals surface area contributed by atoms with Crippen molar-refractivity contribution >= 4 is 35.2 Å². The molecule has 2 aromatic rings. The first-order valence-corrected chi connectivity index (χ1v) is 11.8. The smallest absolute Gasteiger partial charge is 0.337 e. The molecule has 0 saturated carbocycles. The van der Waals surface area contributed by atoms with Crippen molar-refractivity contribution in [1.82, 2.24) is 15.0 Å². The van der Waals surface area contributed by atoms with Crippen LogP contribution in [-0.2, 0) is 9.47 Å². The first kappa shape index (κ1) is 25.8. The number of hydrogen-bond donors (Lipinski definition) is 4. The Morgan fingerprint density at radius 3 is 2.34 bits per heavy atom. The summed E-state index contributed by atoms with van der Waals surface area (Å²) in [5, 5.41) is 16.0. The molecule has 2 aromatic heterocycles. The van der Waals surface area contributed by atoms with Crippen molar-refractivity contribution in [3.8, 4) is 0 Å². The fourth-order valence-corrected chi connectivity index (χ4v) is 2.96. The number of aromatic nitrogens is 3. The van der Waals surface area contributed by atoms with E-state index >= 15 is 0 Å². The Bertz CT molecular complexity index is 809. The Balaban J connectivity index is 1.69. The molecule has 0 saturated heterocycles. The fourth-order valence-electron chi connectivity index (χ4n) is 2.59. The molecule has 0 aliphatic heterocycles. The van der Waals surface area contributed by atoms with Crippen molar-refractivity contribution in [3.05, 3.63) is 30.0 Å². The van der Waals surface area contributed by atoms with Gasteiger partial charge in [0.2, 0.25) is 0 Å². The molecule has 0 amide bonds. The van der Waals surface area contributed by atoms with Gasteiger partial charge in [-0.3, -0.25) is 0 Å². The minimum absolute atomic E-state index is 0.128. The fraction of sp³-hybridized carbons (Fsp3) is 0.524. The van der Waals surface area contributed by atoms with Crippen LogP contribution in [0.2, 0.25) is 0 Å². The lowest BCUT2D eigenvalue weighted by Crippen LogP contribution is -2.09. The number of carboxylic acids is 1. The van der Waals surface area contributed by atoms with Crippen LogP contribution < -0.4 is 16.4 Å². The lowest BCUT2D eigenvalue weighted by molar-refractivity contribution is 0.0696. The van der Waals surface area contributed by atoms with Gasteiger partial charge >= 0.3 is 5.97 Å². The SMILES string of the molecule is CSc1nc(NCCCOCCCCOCCCN)cc(Nc2ccc(C(=O)O)cn2)n1. The molecule has 0 aliphatic carbocycles. The van der Waals surface area contributed by atoms with Gasteiger partial charge in [0.15, 0.2) is 5.16 Å². The molecule has 0 bridgehead atoms. The summed E-state index contributed by atoms with van der Waals surface area (Å²) < 4.78 is 11.1. The first-order valence-electron chi connectivity index (χ1n) is 10.6. The predicted octanol–water partition coefficient (Wildman–Crippen LogP) is 3.00. The predicted molar refractivity (Wildman–Crippen MR) is 126 cm³/mol. The maximum Gasteiger partial charge on any atom is 0.337 e. The minimum atomic E-state index is -1.02. The zero-order valence-corrected chi connectivity index (χ0v) is 19.2. The normalized spacial score (nSPS) is 10.8. The number of nitrogens with zero attached hydrogens (tertiary/aromatic N) is 3. The van der Waals surface area contributed by atoms with Crippen LogP contribution in [0.4, 0.5) is 17.5 Å². The van der Waals surface area contributed by atoms with E-state index < -0.39 is 5.97 Å². The van der Waals surface area contributed by atoms with Crippen LogP contribution in [0.1, 0.15) is 36.0 Å². The van der Waals surface area contributed by atoms with Crippen molar-refractivity contribution in [1.29, 1.82) is 0 Å². The van der Waals surface area contributed by atoms with Crippen molar-refractivity contribution in [2.45, 2.75) is 30.8 Å². The summed E-state index contributed by atoms with van der Waals surface area (Å²) >= 11 is 1.43. The highest BCUT2D eigenvalue weighted by Gasteiger charge is 2.07. The molecule has 0 aliphatic rings. The van der Waals surface area contributed by atoms with E-state index in [-0.39, 0.29) is 5.56 Å². The second-order valence-electron chi connectivity index (χ2n) is 6.84. The number of carbonyl (C=O) groups is 1. The number of pyridine rings is 1. The van der Waals surface area contributed by atoms with E-state index in [1.807, 2.05) is 6.26 Å². The molecular formula is C21H32N6O4S. The monoisotopic (exact) mass is 464 g/mol. The minimum Gasteiger partial charge on any atom is -0.478 e. The highest BCUT2D eigenvalue weighted by Crippen LogP contribution is 2.20. The molecule has 32 heavy (non-hydrogen) atoms. The Labute approximate surface area is 192 Å². The first-order chi connectivity index (χ1) is 15.6. The Morgan fingerprint density at radius 2 is 1.72 bits per heavy atom. The van der Waals surface area contributed by atoms with Crippen LogP contribution in [0.15, 0.2) is 29.6 Å². The van der Waals surface area contributed by atoms with Crippen molar-refractivity contribution in [3.63, 3.8) is 0 Å². The summed E-state index contributed by atoms with van der Waals surface area (Å²) in [7, 11) is 0. The highest BCUT2D eigenvalue weighted by molar-refractivity contribution is 7.98. The number of ether oxygens (including phenoxy) is 2. The standard InChI is InChI=1S/C21H32N6O4S/c1-32-21-26-18(23-9-5-13-31-11-3-2-10-30-12-4-8-22)14-19(27-21)25-17-7-6-16(15-24-17)20(28)29/h6-7,14-15H,2-5,8-13,22H2,1H3,(H,28,29)(H2,23,24,25,26,27). The van der Waals surface area contributed by atoms with Crippen LogP contribution in [0.3, 0.4) is 0 Å². The van der Waals surface area contributed by atoms with E-state index in [0.717, 1.165) is 52.0 Å². The van der Waals surface area contributed by atoms with Crippen LogP contribution in [0.25, 0.3) is 0 Å². The van der Waals surface area contributed by atoms with Gasteiger partial charge in [-0.25, -0.2) is 19.7 Å². The van der Waals surface area contributed by atoms with Crippen molar-refractivity contribution in [2.75, 3.05) is 56.4 Å². The molecule has 2 heterocycles. The van der Waals surface area contributed by atoms with Crippen LogP contribution in [-0.4, -0.2) is 71.8 Å². The van der Waals surface area contributed by atoms with Gasteiger partial charge in [-0.2, -0.15) is 0 Å². The van der Waals surface area contributed by atoms with E-state index in [1.54, 1.807) is 12.1 Å². The number of anilines is 3. The molecule has 0 fully saturated rings. The van der Waals surface area contributed by atoms with Crippen LogP contribution >= 0.6 is 11.8 Å². The Hall–Kier alpha value is -2.47. The quantitative estimate of drug-likeness (QED) is 0.156. The molecule has 10 nitrogen and oxygen atoms in total. The van der Waals surface area contributed by atoms with E-state index in [0.29, 0.717) is 35.8 Å². The lowest BCUT2D eigenvalue weighted by atomic mass is 10.3. The molecule has 5 N–H and O–H groups in total. The van der Waals surface area contributed by atoms with Gasteiger partial charge in [-0.05, 0) is 50.6 Å². The highest BCUT2D eigenvalue weighted by atomic mass is 32.2.